The molecule has 188 valence electrons. The number of hydrogen-bond acceptors (Lipinski definition) is 8. The molecule has 0 amide bonds. The van der Waals surface area contributed by atoms with Gasteiger partial charge < -0.3 is 38.5 Å². The first-order valence-electron chi connectivity index (χ1n) is 11.5. The topological polar surface area (TPSA) is 129 Å². The summed E-state index contributed by atoms with van der Waals surface area (Å²) in [6.07, 6.45) is 8.59. The Morgan fingerprint density at radius 1 is 0.677 bits per heavy atom. The van der Waals surface area contributed by atoms with E-state index in [1.165, 1.54) is 6.42 Å². The van der Waals surface area contributed by atoms with E-state index in [-0.39, 0.29) is 13.2 Å². The molecule has 0 aromatic heterocycles. The zero-order valence-corrected chi connectivity index (χ0v) is 21.6. The summed E-state index contributed by atoms with van der Waals surface area (Å²) < 4.78 is 16.2. The van der Waals surface area contributed by atoms with E-state index in [2.05, 4.69) is 27.7 Å². The number of rotatable bonds is 21. The molecule has 0 aliphatic heterocycles. The van der Waals surface area contributed by atoms with Crippen molar-refractivity contribution >= 4 is 17.2 Å². The first-order valence-corrected chi connectivity index (χ1v) is 13.8. The standard InChI is InChI=1S/C21H46O8P2/c1-18(2)11-7-5-9-13-20(27-14-10-6-8-12-19(3)4)21(15-22,16-28-30(23)24)17-29-31(25)26/h18-20,22-26H,5-17H2,1-4H3. The van der Waals surface area contributed by atoms with E-state index in [1.54, 1.807) is 0 Å². The van der Waals surface area contributed by atoms with Crippen LogP contribution < -0.4 is 0 Å². The first-order chi connectivity index (χ1) is 14.6. The molecule has 0 spiro atoms. The van der Waals surface area contributed by atoms with E-state index < -0.39 is 35.3 Å². The summed E-state index contributed by atoms with van der Waals surface area (Å²) in [5.74, 6) is 1.33. The Labute approximate surface area is 191 Å². The van der Waals surface area contributed by atoms with Gasteiger partial charge in [0, 0.05) is 6.61 Å². The van der Waals surface area contributed by atoms with Crippen LogP contribution in [0.25, 0.3) is 0 Å². The van der Waals surface area contributed by atoms with E-state index in [9.17, 15) is 24.7 Å². The minimum Gasteiger partial charge on any atom is -0.396 e. The quantitative estimate of drug-likeness (QED) is 0.117. The van der Waals surface area contributed by atoms with Gasteiger partial charge in [0.25, 0.3) is 0 Å². The van der Waals surface area contributed by atoms with Gasteiger partial charge in [-0.2, -0.15) is 0 Å². The molecule has 0 aromatic carbocycles. The molecule has 0 fully saturated rings. The van der Waals surface area contributed by atoms with Gasteiger partial charge in [0.05, 0.1) is 31.3 Å². The van der Waals surface area contributed by atoms with Crippen LogP contribution >= 0.6 is 17.2 Å². The fourth-order valence-electron chi connectivity index (χ4n) is 3.48. The zero-order chi connectivity index (χ0) is 23.7. The van der Waals surface area contributed by atoms with Crippen LogP contribution in [0.3, 0.4) is 0 Å². The van der Waals surface area contributed by atoms with E-state index in [0.717, 1.165) is 44.9 Å². The number of aliphatic hydroxyl groups is 1. The second-order valence-corrected chi connectivity index (χ2v) is 10.7. The van der Waals surface area contributed by atoms with Crippen LogP contribution in [0.1, 0.15) is 85.5 Å². The summed E-state index contributed by atoms with van der Waals surface area (Å²) in [5.41, 5.74) is -1.12. The maximum atomic E-state index is 10.2. The van der Waals surface area contributed by atoms with Crippen molar-refractivity contribution in [3.63, 3.8) is 0 Å². The molecule has 0 heterocycles. The molecular formula is C21H46O8P2. The molecular weight excluding hydrogens is 442 g/mol. The highest BCUT2D eigenvalue weighted by atomic mass is 31.2. The molecule has 5 N–H and O–H groups in total. The van der Waals surface area contributed by atoms with Gasteiger partial charge in [-0.05, 0) is 24.7 Å². The van der Waals surface area contributed by atoms with E-state index in [4.69, 9.17) is 13.8 Å². The van der Waals surface area contributed by atoms with E-state index >= 15 is 0 Å². The van der Waals surface area contributed by atoms with Crippen molar-refractivity contribution in [2.45, 2.75) is 91.6 Å². The molecule has 1 unspecified atom stereocenters. The lowest BCUT2D eigenvalue weighted by Gasteiger charge is -2.38. The summed E-state index contributed by atoms with van der Waals surface area (Å²) >= 11 is 0. The average Bonchev–Trinajstić information content (AvgIpc) is 2.68. The molecule has 0 saturated heterocycles. The third-order valence-electron chi connectivity index (χ3n) is 5.43. The molecule has 0 aromatic rings. The van der Waals surface area contributed by atoms with Gasteiger partial charge in [-0.15, -0.1) is 0 Å². The number of aliphatic hydroxyl groups excluding tert-OH is 1. The molecule has 31 heavy (non-hydrogen) atoms. The molecule has 1 atom stereocenters. The van der Waals surface area contributed by atoms with Crippen LogP contribution in [0.4, 0.5) is 0 Å². The highest BCUT2D eigenvalue weighted by Crippen LogP contribution is 2.38. The Kier molecular flexibility index (Phi) is 19.2. The predicted molar refractivity (Wildman–Crippen MR) is 125 cm³/mol. The number of ether oxygens (including phenoxy) is 1. The van der Waals surface area contributed by atoms with Gasteiger partial charge in [-0.25, -0.2) is 0 Å². The minimum absolute atomic E-state index is 0.213. The van der Waals surface area contributed by atoms with Crippen molar-refractivity contribution in [1.82, 2.24) is 0 Å². The van der Waals surface area contributed by atoms with Crippen molar-refractivity contribution in [1.29, 1.82) is 0 Å². The lowest BCUT2D eigenvalue weighted by Crippen LogP contribution is -2.47. The van der Waals surface area contributed by atoms with Crippen molar-refractivity contribution < 1.29 is 38.5 Å². The van der Waals surface area contributed by atoms with Crippen LogP contribution in [0.5, 0.6) is 0 Å². The Bertz CT molecular complexity index is 399. The van der Waals surface area contributed by atoms with Gasteiger partial charge >= 0.3 is 17.2 Å². The average molecular weight is 489 g/mol. The number of unbranched alkanes of at least 4 members (excludes halogenated alkanes) is 4. The summed E-state index contributed by atoms with van der Waals surface area (Å²) in [5, 5.41) is 10.2. The second kappa shape index (κ2) is 18.9. The molecule has 0 radical (unpaired) electrons. The van der Waals surface area contributed by atoms with Gasteiger partial charge in [-0.1, -0.05) is 72.6 Å². The largest absolute Gasteiger partial charge is 0.396 e. The number of hydrogen-bond donors (Lipinski definition) is 5. The maximum absolute atomic E-state index is 10.2. The van der Waals surface area contributed by atoms with Gasteiger partial charge in [0.2, 0.25) is 0 Å². The monoisotopic (exact) mass is 488 g/mol. The maximum Gasteiger partial charge on any atom is 0.327 e. The van der Waals surface area contributed by atoms with Gasteiger partial charge in [0.15, 0.2) is 0 Å². The SMILES string of the molecule is CC(C)CCCCCOC(CCCCCC(C)C)C(CO)(COP(O)O)COP(O)O. The van der Waals surface area contributed by atoms with Crippen LogP contribution in [-0.4, -0.2) is 57.2 Å². The van der Waals surface area contributed by atoms with Gasteiger partial charge in [-0.3, -0.25) is 0 Å². The van der Waals surface area contributed by atoms with Crippen LogP contribution in [0, 0.1) is 17.3 Å². The Morgan fingerprint density at radius 2 is 1.13 bits per heavy atom. The highest BCUT2D eigenvalue weighted by molar-refractivity contribution is 7.39. The van der Waals surface area contributed by atoms with Crippen molar-refractivity contribution in [3.05, 3.63) is 0 Å². The highest BCUT2D eigenvalue weighted by Gasteiger charge is 2.41. The van der Waals surface area contributed by atoms with E-state index in [0.29, 0.717) is 24.9 Å². The second-order valence-electron chi connectivity index (χ2n) is 9.21. The molecule has 0 aliphatic rings. The fourth-order valence-corrected chi connectivity index (χ4v) is 4.22. The van der Waals surface area contributed by atoms with Crippen LogP contribution in [0.2, 0.25) is 0 Å². The zero-order valence-electron chi connectivity index (χ0n) is 19.8. The Balaban J connectivity index is 5.06. The Morgan fingerprint density at radius 3 is 1.55 bits per heavy atom. The van der Waals surface area contributed by atoms with Crippen molar-refractivity contribution in [2.24, 2.45) is 17.3 Å². The molecule has 0 aliphatic carbocycles. The molecule has 8 nitrogen and oxygen atoms in total. The van der Waals surface area contributed by atoms with Crippen LogP contribution in [0.15, 0.2) is 0 Å². The summed E-state index contributed by atoms with van der Waals surface area (Å²) in [6.45, 7) is 8.48. The van der Waals surface area contributed by atoms with Crippen molar-refractivity contribution in [2.75, 3.05) is 26.4 Å². The van der Waals surface area contributed by atoms with Gasteiger partial charge in [0.1, 0.15) is 0 Å². The fraction of sp³-hybridized carbons (Fsp3) is 1.00. The van der Waals surface area contributed by atoms with Crippen LogP contribution in [-0.2, 0) is 13.8 Å². The minimum atomic E-state index is -2.62. The summed E-state index contributed by atoms with van der Waals surface area (Å²) in [4.78, 5) is 36.9. The summed E-state index contributed by atoms with van der Waals surface area (Å²) in [6, 6.07) is 0. The lowest BCUT2D eigenvalue weighted by molar-refractivity contribution is -0.111. The third-order valence-corrected chi connectivity index (χ3v) is 6.15. The first kappa shape index (κ1) is 31.5. The smallest absolute Gasteiger partial charge is 0.327 e. The molecule has 10 heteroatoms. The third kappa shape index (κ3) is 16.7. The molecule has 0 saturated carbocycles. The summed E-state index contributed by atoms with van der Waals surface area (Å²) in [7, 11) is -5.23. The lowest BCUT2D eigenvalue weighted by atomic mass is 9.81. The normalized spacial score (nSPS) is 13.8. The predicted octanol–water partition coefficient (Wildman–Crippen LogP) is 4.63. The Hall–Kier alpha value is 0.540. The van der Waals surface area contributed by atoms with E-state index in [1.807, 2.05) is 0 Å². The molecule has 0 bridgehead atoms. The van der Waals surface area contributed by atoms with Crippen molar-refractivity contribution in [3.8, 4) is 0 Å². The molecule has 0 rings (SSSR count).